The fraction of sp³-hybridized carbons (Fsp3) is 0.389. The zero-order valence-electron chi connectivity index (χ0n) is 13.2. The average Bonchev–Trinajstić information content (AvgIpc) is 2.40. The van der Waals surface area contributed by atoms with Gasteiger partial charge in [0.05, 0.1) is 0 Å². The van der Waals surface area contributed by atoms with E-state index >= 15 is 0 Å². The zero-order valence-corrected chi connectivity index (χ0v) is 13.2. The molecule has 0 fully saturated rings. The molecule has 2 aromatic rings. The maximum atomic E-state index is 6.09. The molecule has 0 aliphatic carbocycles. The first-order valence-corrected chi connectivity index (χ1v) is 7.19. The van der Waals surface area contributed by atoms with Crippen LogP contribution in [0.15, 0.2) is 42.6 Å². The lowest BCUT2D eigenvalue weighted by molar-refractivity contribution is 0.840. The molecule has 1 aromatic carbocycles. The molecule has 2 heteroatoms. The number of anilines is 1. The van der Waals surface area contributed by atoms with Crippen molar-refractivity contribution < 1.29 is 0 Å². The third-order valence-electron chi connectivity index (χ3n) is 3.23. The molecule has 20 heavy (non-hydrogen) atoms. The van der Waals surface area contributed by atoms with Crippen LogP contribution in [0, 0.1) is 6.92 Å². The first-order valence-electron chi connectivity index (χ1n) is 7.19. The van der Waals surface area contributed by atoms with Crippen LogP contribution < -0.4 is 5.73 Å². The third-order valence-corrected chi connectivity index (χ3v) is 3.23. The Morgan fingerprint density at radius 1 is 0.850 bits per heavy atom. The minimum Gasteiger partial charge on any atom is -0.398 e. The van der Waals surface area contributed by atoms with Gasteiger partial charge in [-0.2, -0.15) is 0 Å². The van der Waals surface area contributed by atoms with Crippen molar-refractivity contribution in [1.82, 2.24) is 4.98 Å². The second-order valence-electron chi connectivity index (χ2n) is 5.63. The van der Waals surface area contributed by atoms with Crippen LogP contribution in [-0.4, -0.2) is 4.98 Å². The molecule has 1 heterocycles. The van der Waals surface area contributed by atoms with Gasteiger partial charge in [0.1, 0.15) is 0 Å². The summed E-state index contributed by atoms with van der Waals surface area (Å²) in [6, 6.07) is 12.2. The first-order chi connectivity index (χ1) is 9.43. The van der Waals surface area contributed by atoms with E-state index in [1.165, 1.54) is 11.1 Å². The van der Waals surface area contributed by atoms with Gasteiger partial charge in [-0.3, -0.25) is 4.98 Å². The predicted molar refractivity (Wildman–Crippen MR) is 88.0 cm³/mol. The van der Waals surface area contributed by atoms with Crippen molar-refractivity contribution in [3.05, 3.63) is 59.4 Å². The van der Waals surface area contributed by atoms with Gasteiger partial charge in [-0.1, -0.05) is 52.0 Å². The van der Waals surface area contributed by atoms with Crippen LogP contribution in [0.4, 0.5) is 5.69 Å². The highest BCUT2D eigenvalue weighted by Gasteiger charge is 2.09. The summed E-state index contributed by atoms with van der Waals surface area (Å²) in [7, 11) is 0. The van der Waals surface area contributed by atoms with Crippen molar-refractivity contribution in [3.8, 4) is 0 Å². The minimum absolute atomic E-state index is 0.513. The van der Waals surface area contributed by atoms with Crippen molar-refractivity contribution in [1.29, 1.82) is 0 Å². The normalized spacial score (nSPS) is 10.3. The van der Waals surface area contributed by atoms with E-state index in [1.54, 1.807) is 6.20 Å². The van der Waals surface area contributed by atoms with Crippen molar-refractivity contribution in [2.45, 2.75) is 46.5 Å². The Balaban J connectivity index is 0.000000240. The van der Waals surface area contributed by atoms with E-state index in [0.717, 1.165) is 11.4 Å². The Bertz CT molecular complexity index is 490. The molecule has 0 unspecified atom stereocenters. The van der Waals surface area contributed by atoms with E-state index in [-0.39, 0.29) is 0 Å². The molecular formula is C18H26N2. The number of rotatable bonds is 2. The maximum absolute atomic E-state index is 6.09. The molecule has 2 N–H and O–H groups in total. The van der Waals surface area contributed by atoms with Crippen molar-refractivity contribution in [2.24, 2.45) is 0 Å². The van der Waals surface area contributed by atoms with Crippen LogP contribution >= 0.6 is 0 Å². The summed E-state index contributed by atoms with van der Waals surface area (Å²) in [6.45, 7) is 10.7. The number of hydrogen-bond acceptors (Lipinski definition) is 2. The topological polar surface area (TPSA) is 38.9 Å². The lowest BCUT2D eigenvalue weighted by Crippen LogP contribution is -2.02. The summed E-state index contributed by atoms with van der Waals surface area (Å²) in [6.07, 6.45) is 1.79. The van der Waals surface area contributed by atoms with E-state index in [0.29, 0.717) is 11.8 Å². The van der Waals surface area contributed by atoms with Gasteiger partial charge in [-0.25, -0.2) is 0 Å². The molecule has 0 aliphatic heterocycles. The number of aryl methyl sites for hydroxylation is 1. The Hall–Kier alpha value is -1.83. The first kappa shape index (κ1) is 16.2. The fourth-order valence-corrected chi connectivity index (χ4v) is 2.06. The monoisotopic (exact) mass is 270 g/mol. The molecule has 0 radical (unpaired) electrons. The molecule has 0 amide bonds. The molecule has 0 saturated heterocycles. The number of pyridine rings is 1. The minimum atomic E-state index is 0.513. The van der Waals surface area contributed by atoms with Crippen molar-refractivity contribution >= 4 is 5.69 Å². The van der Waals surface area contributed by atoms with Crippen LogP contribution in [0.2, 0.25) is 0 Å². The number of nitrogens with zero attached hydrogens (tertiary/aromatic N) is 1. The molecule has 2 nitrogen and oxygen atoms in total. The van der Waals surface area contributed by atoms with E-state index < -0.39 is 0 Å². The van der Waals surface area contributed by atoms with Crippen molar-refractivity contribution in [3.63, 3.8) is 0 Å². The van der Waals surface area contributed by atoms with Crippen LogP contribution in [-0.2, 0) is 0 Å². The van der Waals surface area contributed by atoms with Crippen LogP contribution in [0.5, 0.6) is 0 Å². The number of nitrogen functional groups attached to an aromatic ring is 1. The van der Waals surface area contributed by atoms with Gasteiger partial charge in [-0.05, 0) is 42.0 Å². The second kappa shape index (κ2) is 7.68. The van der Waals surface area contributed by atoms with Crippen LogP contribution in [0.25, 0.3) is 0 Å². The number of para-hydroxylation sites is 1. The Labute approximate surface area is 123 Å². The van der Waals surface area contributed by atoms with Crippen molar-refractivity contribution in [2.75, 3.05) is 5.73 Å². The maximum Gasteiger partial charge on any atom is 0.0384 e. The summed E-state index contributed by atoms with van der Waals surface area (Å²) in [4.78, 5) is 3.98. The lowest BCUT2D eigenvalue weighted by Gasteiger charge is -2.15. The number of benzene rings is 1. The lowest BCUT2D eigenvalue weighted by atomic mass is 9.93. The average molecular weight is 270 g/mol. The highest BCUT2D eigenvalue weighted by molar-refractivity contribution is 5.56. The van der Waals surface area contributed by atoms with Gasteiger partial charge in [-0.15, -0.1) is 0 Å². The molecule has 2 rings (SSSR count). The third kappa shape index (κ3) is 4.69. The molecule has 0 saturated carbocycles. The highest BCUT2D eigenvalue weighted by atomic mass is 14.6. The Kier molecular flexibility index (Phi) is 6.23. The summed E-state index contributed by atoms with van der Waals surface area (Å²) >= 11 is 0. The van der Waals surface area contributed by atoms with Gasteiger partial charge < -0.3 is 5.73 Å². The van der Waals surface area contributed by atoms with E-state index in [4.69, 9.17) is 5.73 Å². The molecule has 0 bridgehead atoms. The van der Waals surface area contributed by atoms with Gasteiger partial charge >= 0.3 is 0 Å². The molecule has 0 aliphatic rings. The number of hydrogen-bond donors (Lipinski definition) is 1. The Morgan fingerprint density at radius 2 is 1.40 bits per heavy atom. The smallest absolute Gasteiger partial charge is 0.0384 e. The van der Waals surface area contributed by atoms with Gasteiger partial charge in [0.15, 0.2) is 0 Å². The largest absolute Gasteiger partial charge is 0.398 e. The summed E-state index contributed by atoms with van der Waals surface area (Å²) in [5, 5.41) is 0. The van der Waals surface area contributed by atoms with Gasteiger partial charge in [0.2, 0.25) is 0 Å². The second-order valence-corrected chi connectivity index (χ2v) is 5.63. The molecule has 0 spiro atoms. The van der Waals surface area contributed by atoms with E-state index in [2.05, 4.69) is 50.9 Å². The van der Waals surface area contributed by atoms with E-state index in [1.807, 2.05) is 25.1 Å². The van der Waals surface area contributed by atoms with Crippen LogP contribution in [0.3, 0.4) is 0 Å². The van der Waals surface area contributed by atoms with Gasteiger partial charge in [0, 0.05) is 17.6 Å². The fourth-order valence-electron chi connectivity index (χ4n) is 2.06. The standard InChI is InChI=1S/C12H19N.C6H7N/c1-8(2)10-6-5-7-11(9(3)4)12(10)13;1-6-4-2-3-5-7-6/h5-9H,13H2,1-4H3;2-5H,1H3. The molecule has 108 valence electrons. The van der Waals surface area contributed by atoms with E-state index in [9.17, 15) is 0 Å². The predicted octanol–water partition coefficient (Wildman–Crippen LogP) is 4.91. The number of nitrogens with two attached hydrogens (primary N) is 1. The van der Waals surface area contributed by atoms with Gasteiger partial charge in [0.25, 0.3) is 0 Å². The summed E-state index contributed by atoms with van der Waals surface area (Å²) in [5.74, 6) is 1.03. The Morgan fingerprint density at radius 3 is 1.70 bits per heavy atom. The SMILES string of the molecule is CC(C)c1cccc(C(C)C)c1N.Cc1ccccn1. The summed E-state index contributed by atoms with van der Waals surface area (Å²) < 4.78 is 0. The molecule has 0 atom stereocenters. The summed E-state index contributed by atoms with van der Waals surface area (Å²) in [5.41, 5.74) is 10.7. The van der Waals surface area contributed by atoms with Crippen LogP contribution in [0.1, 0.15) is 56.4 Å². The zero-order chi connectivity index (χ0) is 15.1. The molecular weight excluding hydrogens is 244 g/mol. The number of aromatic nitrogens is 1. The quantitative estimate of drug-likeness (QED) is 0.788. The molecule has 1 aromatic heterocycles. The highest BCUT2D eigenvalue weighted by Crippen LogP contribution is 2.29.